The monoisotopic (exact) mass is 471 g/mol. The van der Waals surface area contributed by atoms with E-state index in [2.05, 4.69) is 20.2 Å². The van der Waals surface area contributed by atoms with Crippen molar-refractivity contribution in [3.63, 3.8) is 0 Å². The van der Waals surface area contributed by atoms with Crippen LogP contribution in [0.1, 0.15) is 12.0 Å². The van der Waals surface area contributed by atoms with E-state index < -0.39 is 11.7 Å². The summed E-state index contributed by atoms with van der Waals surface area (Å²) in [6.07, 6.45) is -2.29. The molecular formula is C24H24F3N5O2. The van der Waals surface area contributed by atoms with Crippen LogP contribution in [0.4, 0.5) is 24.7 Å². The van der Waals surface area contributed by atoms with E-state index in [-0.39, 0.29) is 12.1 Å². The number of rotatable bonds is 6. The lowest BCUT2D eigenvalue weighted by Crippen LogP contribution is -2.36. The fourth-order valence-electron chi connectivity index (χ4n) is 4.18. The van der Waals surface area contributed by atoms with Crippen LogP contribution in [0.15, 0.2) is 48.7 Å². The molecule has 1 aliphatic rings. The van der Waals surface area contributed by atoms with Crippen molar-refractivity contribution in [2.24, 2.45) is 0 Å². The van der Waals surface area contributed by atoms with Crippen LogP contribution in [0.25, 0.3) is 27.9 Å². The molecule has 34 heavy (non-hydrogen) atoms. The molecule has 2 aromatic heterocycles. The Morgan fingerprint density at radius 1 is 1.06 bits per heavy atom. The second kappa shape index (κ2) is 9.11. The first-order valence-corrected chi connectivity index (χ1v) is 11.1. The number of halogens is 3. The van der Waals surface area contributed by atoms with Crippen molar-refractivity contribution < 1.29 is 23.0 Å². The Labute approximate surface area is 193 Å². The normalized spacial score (nSPS) is 14.8. The summed E-state index contributed by atoms with van der Waals surface area (Å²) >= 11 is 0. The number of fused-ring (bicyclic) bond motifs is 3. The van der Waals surface area contributed by atoms with Crippen LogP contribution in [0.3, 0.4) is 0 Å². The van der Waals surface area contributed by atoms with Gasteiger partial charge in [0.2, 0.25) is 0 Å². The standard InChI is InChI=1S/C24H24F3N5O2/c25-24(26,27)17-4-7-20-19(14-17)30-22(28-8-1-11-33)23-29-15-21(32(20)23)16-2-5-18(6-3-16)31-9-12-34-13-10-31/h2-7,14-15,33H,1,8-13H2,(H,28,30). The highest BCUT2D eigenvalue weighted by atomic mass is 19.4. The van der Waals surface area contributed by atoms with E-state index in [0.717, 1.165) is 42.2 Å². The molecule has 10 heteroatoms. The summed E-state index contributed by atoms with van der Waals surface area (Å²) in [6, 6.07) is 11.6. The number of morpholine rings is 1. The maximum absolute atomic E-state index is 13.4. The van der Waals surface area contributed by atoms with Crippen LogP contribution in [0.5, 0.6) is 0 Å². The summed E-state index contributed by atoms with van der Waals surface area (Å²) in [4.78, 5) is 11.2. The van der Waals surface area contributed by atoms with E-state index in [1.807, 2.05) is 28.7 Å². The van der Waals surface area contributed by atoms with E-state index in [0.29, 0.717) is 43.2 Å². The number of nitrogens with one attached hydrogen (secondary N) is 1. The summed E-state index contributed by atoms with van der Waals surface area (Å²) < 4.78 is 47.3. The molecule has 0 amide bonds. The Morgan fingerprint density at radius 3 is 2.53 bits per heavy atom. The maximum Gasteiger partial charge on any atom is 0.416 e. The minimum absolute atomic E-state index is 0.00965. The van der Waals surface area contributed by atoms with Crippen LogP contribution in [0.2, 0.25) is 0 Å². The first kappa shape index (κ1) is 22.4. The first-order valence-electron chi connectivity index (χ1n) is 11.1. The number of nitrogens with zero attached hydrogens (tertiary/aromatic N) is 4. The summed E-state index contributed by atoms with van der Waals surface area (Å²) in [5.41, 5.74) is 3.22. The van der Waals surface area contributed by atoms with Crippen molar-refractivity contribution in [2.45, 2.75) is 12.6 Å². The number of aliphatic hydroxyl groups excluding tert-OH is 1. The molecule has 4 aromatic rings. The number of aliphatic hydroxyl groups is 1. The topological polar surface area (TPSA) is 74.9 Å². The molecule has 0 spiro atoms. The van der Waals surface area contributed by atoms with Gasteiger partial charge in [-0.05, 0) is 36.8 Å². The molecule has 1 saturated heterocycles. The molecule has 3 heterocycles. The van der Waals surface area contributed by atoms with Crippen molar-refractivity contribution in [1.82, 2.24) is 14.4 Å². The van der Waals surface area contributed by atoms with Crippen LogP contribution in [0, 0.1) is 0 Å². The van der Waals surface area contributed by atoms with Gasteiger partial charge < -0.3 is 20.1 Å². The molecule has 2 aromatic carbocycles. The SMILES string of the molecule is OCCCNc1nc2cc(C(F)(F)F)ccc2n2c(-c3ccc(N4CCOCC4)cc3)cnc12. The number of ether oxygens (including phenoxy) is 1. The van der Waals surface area contributed by atoms with Gasteiger partial charge in [-0.1, -0.05) is 12.1 Å². The number of aromatic nitrogens is 3. The summed E-state index contributed by atoms with van der Waals surface area (Å²) in [7, 11) is 0. The highest BCUT2D eigenvalue weighted by Crippen LogP contribution is 2.34. The zero-order valence-corrected chi connectivity index (χ0v) is 18.3. The van der Waals surface area contributed by atoms with Crippen LogP contribution in [-0.4, -0.2) is 58.9 Å². The maximum atomic E-state index is 13.4. The average molecular weight is 471 g/mol. The van der Waals surface area contributed by atoms with Crippen molar-refractivity contribution >= 4 is 28.2 Å². The van der Waals surface area contributed by atoms with Crippen LogP contribution in [-0.2, 0) is 10.9 Å². The molecule has 0 atom stereocenters. The Kier molecular flexibility index (Phi) is 6.01. The van der Waals surface area contributed by atoms with Gasteiger partial charge in [-0.25, -0.2) is 9.97 Å². The quantitative estimate of drug-likeness (QED) is 0.411. The lowest BCUT2D eigenvalue weighted by molar-refractivity contribution is -0.137. The highest BCUT2D eigenvalue weighted by molar-refractivity contribution is 5.87. The zero-order chi connectivity index (χ0) is 23.7. The van der Waals surface area contributed by atoms with Gasteiger partial charge in [0.15, 0.2) is 11.5 Å². The predicted octanol–water partition coefficient (Wildman–Crippen LogP) is 4.20. The van der Waals surface area contributed by atoms with E-state index >= 15 is 0 Å². The molecule has 2 N–H and O–H groups in total. The zero-order valence-electron chi connectivity index (χ0n) is 18.3. The number of alkyl halides is 3. The fourth-order valence-corrected chi connectivity index (χ4v) is 4.18. The molecule has 1 aliphatic heterocycles. The Bertz CT molecular complexity index is 1300. The highest BCUT2D eigenvalue weighted by Gasteiger charge is 2.31. The van der Waals surface area contributed by atoms with Gasteiger partial charge in [-0.3, -0.25) is 4.40 Å². The Balaban J connectivity index is 1.62. The fraction of sp³-hybridized carbons (Fsp3) is 0.333. The van der Waals surface area contributed by atoms with Crippen molar-refractivity contribution in [2.75, 3.05) is 49.7 Å². The predicted molar refractivity (Wildman–Crippen MR) is 124 cm³/mol. The third-order valence-electron chi connectivity index (χ3n) is 5.92. The smallest absolute Gasteiger partial charge is 0.396 e. The number of anilines is 2. The molecule has 5 rings (SSSR count). The Morgan fingerprint density at radius 2 is 1.82 bits per heavy atom. The minimum atomic E-state index is -4.47. The third kappa shape index (κ3) is 4.26. The summed E-state index contributed by atoms with van der Waals surface area (Å²) in [5, 5.41) is 12.2. The number of benzene rings is 2. The second-order valence-electron chi connectivity index (χ2n) is 8.11. The Hall–Kier alpha value is -3.37. The van der Waals surface area contributed by atoms with Gasteiger partial charge in [0.05, 0.1) is 41.7 Å². The van der Waals surface area contributed by atoms with Gasteiger partial charge in [-0.15, -0.1) is 0 Å². The third-order valence-corrected chi connectivity index (χ3v) is 5.92. The first-order chi connectivity index (χ1) is 16.5. The summed E-state index contributed by atoms with van der Waals surface area (Å²) in [5.74, 6) is 0.372. The lowest BCUT2D eigenvalue weighted by atomic mass is 10.1. The van der Waals surface area contributed by atoms with Gasteiger partial charge in [-0.2, -0.15) is 13.2 Å². The van der Waals surface area contributed by atoms with E-state index in [1.165, 1.54) is 6.07 Å². The van der Waals surface area contributed by atoms with E-state index in [1.54, 1.807) is 6.20 Å². The van der Waals surface area contributed by atoms with Crippen molar-refractivity contribution in [1.29, 1.82) is 0 Å². The van der Waals surface area contributed by atoms with Gasteiger partial charge in [0.25, 0.3) is 0 Å². The second-order valence-corrected chi connectivity index (χ2v) is 8.11. The molecule has 7 nitrogen and oxygen atoms in total. The molecule has 1 fully saturated rings. The molecular weight excluding hydrogens is 447 g/mol. The molecule has 0 saturated carbocycles. The average Bonchev–Trinajstić information content (AvgIpc) is 3.30. The lowest BCUT2D eigenvalue weighted by Gasteiger charge is -2.28. The number of hydrogen-bond donors (Lipinski definition) is 2. The van der Waals surface area contributed by atoms with Crippen molar-refractivity contribution in [3.05, 3.63) is 54.2 Å². The van der Waals surface area contributed by atoms with Gasteiger partial charge in [0.1, 0.15) is 0 Å². The molecule has 0 radical (unpaired) electrons. The van der Waals surface area contributed by atoms with E-state index in [4.69, 9.17) is 9.84 Å². The number of imidazole rings is 1. The molecule has 0 bridgehead atoms. The largest absolute Gasteiger partial charge is 0.416 e. The molecule has 0 unspecified atom stereocenters. The van der Waals surface area contributed by atoms with Crippen molar-refractivity contribution in [3.8, 4) is 11.3 Å². The molecule has 178 valence electrons. The van der Waals surface area contributed by atoms with E-state index in [9.17, 15) is 13.2 Å². The van der Waals surface area contributed by atoms with Crippen LogP contribution >= 0.6 is 0 Å². The van der Waals surface area contributed by atoms with Gasteiger partial charge in [0, 0.05) is 37.5 Å². The minimum Gasteiger partial charge on any atom is -0.396 e. The summed E-state index contributed by atoms with van der Waals surface area (Å²) in [6.45, 7) is 3.45. The molecule has 0 aliphatic carbocycles. The number of hydrogen-bond acceptors (Lipinski definition) is 6. The van der Waals surface area contributed by atoms with Crippen LogP contribution < -0.4 is 10.2 Å². The van der Waals surface area contributed by atoms with Gasteiger partial charge >= 0.3 is 6.18 Å².